The molecular formula is C22H15ClFNO2. The molecule has 0 atom stereocenters. The molecule has 0 aliphatic carbocycles. The van der Waals surface area contributed by atoms with E-state index in [4.69, 9.17) is 20.8 Å². The van der Waals surface area contributed by atoms with Crippen LogP contribution in [0.15, 0.2) is 82.2 Å². The SMILES string of the molecule is COc1ccc2oc(-c3ccc(Cl)cc3)cc(=Nc3ccccc3F)c2c1. The second-order valence-corrected chi connectivity index (χ2v) is 6.36. The first-order valence-corrected chi connectivity index (χ1v) is 8.69. The number of fused-ring (bicyclic) bond motifs is 1. The number of para-hydroxylation sites is 1. The van der Waals surface area contributed by atoms with Gasteiger partial charge in [0.15, 0.2) is 0 Å². The van der Waals surface area contributed by atoms with Crippen molar-refractivity contribution in [2.45, 2.75) is 0 Å². The van der Waals surface area contributed by atoms with Crippen LogP contribution in [-0.2, 0) is 0 Å². The summed E-state index contributed by atoms with van der Waals surface area (Å²) in [5, 5.41) is 1.96. The molecule has 1 heterocycles. The highest BCUT2D eigenvalue weighted by atomic mass is 35.5. The molecular weight excluding hydrogens is 365 g/mol. The van der Waals surface area contributed by atoms with E-state index in [-0.39, 0.29) is 11.5 Å². The van der Waals surface area contributed by atoms with Crippen molar-refractivity contribution in [1.82, 2.24) is 0 Å². The van der Waals surface area contributed by atoms with Gasteiger partial charge in [-0.2, -0.15) is 0 Å². The first-order chi connectivity index (χ1) is 13.1. The van der Waals surface area contributed by atoms with Crippen molar-refractivity contribution in [3.8, 4) is 17.1 Å². The van der Waals surface area contributed by atoms with Crippen LogP contribution in [0.1, 0.15) is 0 Å². The standard InChI is InChI=1S/C22H15ClFNO2/c1-26-16-10-11-21-17(12-16)20(25-19-5-3-2-4-18(19)24)13-22(27-21)14-6-8-15(23)9-7-14/h2-13H,1H3. The van der Waals surface area contributed by atoms with E-state index < -0.39 is 0 Å². The van der Waals surface area contributed by atoms with E-state index in [1.54, 1.807) is 43.5 Å². The molecule has 3 aromatic carbocycles. The Morgan fingerprint density at radius 1 is 0.963 bits per heavy atom. The van der Waals surface area contributed by atoms with E-state index in [2.05, 4.69) is 4.99 Å². The van der Waals surface area contributed by atoms with Crippen LogP contribution in [0.5, 0.6) is 5.75 Å². The molecule has 0 fully saturated rings. The maximum atomic E-state index is 14.1. The summed E-state index contributed by atoms with van der Waals surface area (Å²) in [5.41, 5.74) is 1.73. The van der Waals surface area contributed by atoms with E-state index >= 15 is 0 Å². The zero-order chi connectivity index (χ0) is 18.8. The Bertz CT molecular complexity index is 1180. The number of hydrogen-bond acceptors (Lipinski definition) is 3. The van der Waals surface area contributed by atoms with Gasteiger partial charge in [0, 0.05) is 22.0 Å². The summed E-state index contributed by atoms with van der Waals surface area (Å²) >= 11 is 5.98. The fourth-order valence-electron chi connectivity index (χ4n) is 2.80. The van der Waals surface area contributed by atoms with Crippen LogP contribution in [0.25, 0.3) is 22.3 Å². The minimum Gasteiger partial charge on any atom is -0.497 e. The van der Waals surface area contributed by atoms with Gasteiger partial charge in [0.1, 0.15) is 22.9 Å². The molecule has 1 aromatic heterocycles. The third-order valence-electron chi connectivity index (χ3n) is 4.17. The van der Waals surface area contributed by atoms with E-state index in [1.165, 1.54) is 6.07 Å². The molecule has 0 saturated carbocycles. The summed E-state index contributed by atoms with van der Waals surface area (Å²) in [4.78, 5) is 4.53. The predicted octanol–water partition coefficient (Wildman–Crippen LogP) is 6.13. The summed E-state index contributed by atoms with van der Waals surface area (Å²) in [6, 6.07) is 20.9. The second kappa shape index (κ2) is 7.25. The summed E-state index contributed by atoms with van der Waals surface area (Å²) in [6.45, 7) is 0. The number of rotatable bonds is 3. The van der Waals surface area contributed by atoms with Crippen LogP contribution < -0.4 is 10.1 Å². The predicted molar refractivity (Wildman–Crippen MR) is 105 cm³/mol. The quantitative estimate of drug-likeness (QED) is 0.429. The largest absolute Gasteiger partial charge is 0.497 e. The molecule has 0 N–H and O–H groups in total. The number of hydrogen-bond donors (Lipinski definition) is 0. The normalized spacial score (nSPS) is 11.7. The molecule has 134 valence electrons. The molecule has 3 nitrogen and oxygen atoms in total. The molecule has 0 amide bonds. The summed E-state index contributed by atoms with van der Waals surface area (Å²) in [7, 11) is 1.59. The highest BCUT2D eigenvalue weighted by Crippen LogP contribution is 2.26. The molecule has 0 saturated heterocycles. The van der Waals surface area contributed by atoms with Crippen LogP contribution in [0.4, 0.5) is 10.1 Å². The lowest BCUT2D eigenvalue weighted by atomic mass is 10.1. The average Bonchev–Trinajstić information content (AvgIpc) is 2.70. The Morgan fingerprint density at radius 2 is 1.74 bits per heavy atom. The van der Waals surface area contributed by atoms with Crippen molar-refractivity contribution >= 4 is 28.3 Å². The minimum absolute atomic E-state index is 0.259. The van der Waals surface area contributed by atoms with Crippen LogP contribution >= 0.6 is 11.6 Å². The molecule has 0 unspecified atom stereocenters. The van der Waals surface area contributed by atoms with Gasteiger partial charge >= 0.3 is 0 Å². The fourth-order valence-corrected chi connectivity index (χ4v) is 2.92. The van der Waals surface area contributed by atoms with Gasteiger partial charge in [-0.3, -0.25) is 0 Å². The van der Waals surface area contributed by atoms with Gasteiger partial charge in [-0.25, -0.2) is 9.38 Å². The first kappa shape index (κ1) is 17.3. The molecule has 27 heavy (non-hydrogen) atoms. The number of methoxy groups -OCH3 is 1. The van der Waals surface area contributed by atoms with E-state index in [0.29, 0.717) is 27.5 Å². The highest BCUT2D eigenvalue weighted by molar-refractivity contribution is 6.30. The number of halogens is 2. The molecule has 0 aliphatic rings. The Kier molecular flexibility index (Phi) is 4.65. The van der Waals surface area contributed by atoms with Crippen molar-refractivity contribution in [1.29, 1.82) is 0 Å². The maximum absolute atomic E-state index is 14.1. The monoisotopic (exact) mass is 379 g/mol. The van der Waals surface area contributed by atoms with Gasteiger partial charge < -0.3 is 9.15 Å². The van der Waals surface area contributed by atoms with Crippen LogP contribution in [0, 0.1) is 5.82 Å². The number of ether oxygens (including phenoxy) is 1. The first-order valence-electron chi connectivity index (χ1n) is 8.31. The lowest BCUT2D eigenvalue weighted by Gasteiger charge is -2.07. The van der Waals surface area contributed by atoms with Gasteiger partial charge in [-0.15, -0.1) is 0 Å². The van der Waals surface area contributed by atoms with Crippen LogP contribution in [0.2, 0.25) is 5.02 Å². The zero-order valence-corrected chi connectivity index (χ0v) is 15.2. The second-order valence-electron chi connectivity index (χ2n) is 5.93. The van der Waals surface area contributed by atoms with Crippen molar-refractivity contribution in [2.24, 2.45) is 4.99 Å². The van der Waals surface area contributed by atoms with Gasteiger partial charge in [0.25, 0.3) is 0 Å². The number of nitrogens with zero attached hydrogens (tertiary/aromatic N) is 1. The number of benzene rings is 3. The third-order valence-corrected chi connectivity index (χ3v) is 4.42. The van der Waals surface area contributed by atoms with Gasteiger partial charge in [-0.05, 0) is 54.6 Å². The molecule has 0 spiro atoms. The van der Waals surface area contributed by atoms with Crippen molar-refractivity contribution in [3.63, 3.8) is 0 Å². The lowest BCUT2D eigenvalue weighted by Crippen LogP contribution is -2.04. The molecule has 0 radical (unpaired) electrons. The summed E-state index contributed by atoms with van der Waals surface area (Å²) in [6.07, 6.45) is 0. The van der Waals surface area contributed by atoms with Gasteiger partial charge in [0.2, 0.25) is 0 Å². The van der Waals surface area contributed by atoms with E-state index in [1.807, 2.05) is 30.3 Å². The zero-order valence-electron chi connectivity index (χ0n) is 14.4. The molecule has 5 heteroatoms. The van der Waals surface area contributed by atoms with Crippen molar-refractivity contribution in [2.75, 3.05) is 7.11 Å². The van der Waals surface area contributed by atoms with E-state index in [0.717, 1.165) is 10.9 Å². The van der Waals surface area contributed by atoms with Gasteiger partial charge in [-0.1, -0.05) is 23.7 Å². The Morgan fingerprint density at radius 3 is 2.48 bits per heavy atom. The lowest BCUT2D eigenvalue weighted by molar-refractivity contribution is 0.415. The van der Waals surface area contributed by atoms with Crippen LogP contribution in [-0.4, -0.2) is 7.11 Å². The Hall–Kier alpha value is -3.11. The average molecular weight is 380 g/mol. The van der Waals surface area contributed by atoms with Crippen molar-refractivity contribution in [3.05, 3.63) is 89.0 Å². The smallest absolute Gasteiger partial charge is 0.148 e. The van der Waals surface area contributed by atoms with E-state index in [9.17, 15) is 4.39 Å². The Labute approximate surface area is 160 Å². The highest BCUT2D eigenvalue weighted by Gasteiger charge is 2.08. The summed E-state index contributed by atoms with van der Waals surface area (Å²) in [5.74, 6) is 0.892. The van der Waals surface area contributed by atoms with Crippen molar-refractivity contribution < 1.29 is 13.5 Å². The summed E-state index contributed by atoms with van der Waals surface area (Å²) < 4.78 is 25.5. The topological polar surface area (TPSA) is 34.7 Å². The van der Waals surface area contributed by atoms with Crippen LogP contribution in [0.3, 0.4) is 0 Å². The van der Waals surface area contributed by atoms with Gasteiger partial charge in [0.05, 0.1) is 18.2 Å². The maximum Gasteiger partial charge on any atom is 0.148 e. The molecule has 0 aliphatic heterocycles. The fraction of sp³-hybridized carbons (Fsp3) is 0.0455. The Balaban J connectivity index is 2.01. The minimum atomic E-state index is -0.387. The molecule has 4 rings (SSSR count). The molecule has 0 bridgehead atoms. The third kappa shape index (κ3) is 3.57. The molecule has 4 aromatic rings.